The third kappa shape index (κ3) is 70.9. The number of phosphoric ester groups is 2. The number of carbonyl (C=O) groups excluding carboxylic acids is 4. The summed E-state index contributed by atoms with van der Waals surface area (Å²) in [5.74, 6) is 0.938. The quantitative estimate of drug-likeness (QED) is 0.0222. The molecule has 0 saturated heterocycles. The first-order chi connectivity index (χ1) is 46.6. The molecule has 19 heteroatoms. The number of phosphoric acid groups is 2. The zero-order valence-corrected chi connectivity index (χ0v) is 65.5. The first-order valence-electron chi connectivity index (χ1n) is 40.2. The molecule has 17 nitrogen and oxygen atoms in total. The lowest BCUT2D eigenvalue weighted by atomic mass is 9.99. The number of hydrogen-bond donors (Lipinski definition) is 3. The highest BCUT2D eigenvalue weighted by molar-refractivity contribution is 7.47. The molecule has 3 unspecified atom stereocenters. The van der Waals surface area contributed by atoms with E-state index in [9.17, 15) is 43.2 Å². The molecule has 97 heavy (non-hydrogen) atoms. The summed E-state index contributed by atoms with van der Waals surface area (Å²) >= 11 is 0. The van der Waals surface area contributed by atoms with Gasteiger partial charge in [-0.25, -0.2) is 9.13 Å². The minimum atomic E-state index is -4.96. The van der Waals surface area contributed by atoms with Crippen LogP contribution >= 0.6 is 15.6 Å². The Hall–Kier alpha value is -1.94. The number of unbranched alkanes of at least 4 members (excludes halogenated alkanes) is 40. The van der Waals surface area contributed by atoms with E-state index in [0.717, 1.165) is 114 Å². The minimum Gasteiger partial charge on any atom is -0.462 e. The molecule has 3 N–H and O–H groups in total. The normalized spacial score (nSPS) is 14.4. The van der Waals surface area contributed by atoms with E-state index in [4.69, 9.17) is 37.0 Å². The zero-order valence-electron chi connectivity index (χ0n) is 63.7. The molecule has 0 fully saturated rings. The van der Waals surface area contributed by atoms with Crippen LogP contribution in [0.4, 0.5) is 0 Å². The van der Waals surface area contributed by atoms with Gasteiger partial charge < -0.3 is 33.8 Å². The zero-order chi connectivity index (χ0) is 71.7. The van der Waals surface area contributed by atoms with Gasteiger partial charge in [0.1, 0.15) is 19.3 Å². The molecule has 0 amide bonds. The lowest BCUT2D eigenvalue weighted by molar-refractivity contribution is -0.161. The summed E-state index contributed by atoms with van der Waals surface area (Å²) in [6.07, 6.45) is 53.0. The van der Waals surface area contributed by atoms with E-state index in [1.807, 2.05) is 0 Å². The number of aliphatic hydroxyl groups excluding tert-OH is 1. The van der Waals surface area contributed by atoms with Gasteiger partial charge in [-0.2, -0.15) is 0 Å². The molecule has 0 aromatic carbocycles. The standard InChI is InChI=1S/C78H152O17P2/c1-9-71(8)57-49-41-32-26-20-16-14-12-10-11-13-15-17-21-27-34-44-52-60-77(82)94-73(64-88-75(80)58-50-42-33-29-23-25-31-39-47-55-69(4)5)66-92-96(84,85)90-62-72(79)63-91-97(86,87)93-67-74(65-89-76(81)59-51-43-37-36-40-48-56-70(6)7)95-78(83)61-53-45-35-28-22-18-19-24-30-38-46-54-68(2)3/h68-74,79H,9-67H2,1-8H3,(H,84,85)(H,86,87)/t71?,72-,73-,74-/m1/s1. The Labute approximate surface area is 594 Å². The van der Waals surface area contributed by atoms with Crippen LogP contribution in [-0.4, -0.2) is 96.7 Å². The lowest BCUT2D eigenvalue weighted by Gasteiger charge is -2.21. The average Bonchev–Trinajstić information content (AvgIpc) is 1.36. The van der Waals surface area contributed by atoms with E-state index in [-0.39, 0.29) is 25.7 Å². The van der Waals surface area contributed by atoms with Crippen molar-refractivity contribution in [2.24, 2.45) is 23.7 Å². The van der Waals surface area contributed by atoms with Crippen molar-refractivity contribution in [2.45, 2.75) is 414 Å². The molecule has 0 rings (SSSR count). The Kier molecular flexibility index (Phi) is 65.9. The second kappa shape index (κ2) is 67.2. The predicted octanol–water partition coefficient (Wildman–Crippen LogP) is 22.8. The van der Waals surface area contributed by atoms with Gasteiger partial charge in [0, 0.05) is 25.7 Å². The fourth-order valence-electron chi connectivity index (χ4n) is 11.9. The molecule has 6 atom stereocenters. The monoisotopic (exact) mass is 1420 g/mol. The first-order valence-corrected chi connectivity index (χ1v) is 43.2. The molecular formula is C78H152O17P2. The second-order valence-corrected chi connectivity index (χ2v) is 32.7. The summed E-state index contributed by atoms with van der Waals surface area (Å²) in [7, 11) is -9.91. The van der Waals surface area contributed by atoms with Crippen LogP contribution in [0.15, 0.2) is 0 Å². The van der Waals surface area contributed by atoms with Crippen molar-refractivity contribution in [2.75, 3.05) is 39.6 Å². The van der Waals surface area contributed by atoms with Crippen molar-refractivity contribution < 1.29 is 80.2 Å². The van der Waals surface area contributed by atoms with Crippen LogP contribution in [0.3, 0.4) is 0 Å². The summed E-state index contributed by atoms with van der Waals surface area (Å²) < 4.78 is 68.5. The van der Waals surface area contributed by atoms with Gasteiger partial charge in [-0.3, -0.25) is 37.3 Å². The maximum Gasteiger partial charge on any atom is 0.472 e. The maximum absolute atomic E-state index is 13.1. The lowest BCUT2D eigenvalue weighted by Crippen LogP contribution is -2.30. The summed E-state index contributed by atoms with van der Waals surface area (Å²) in [5, 5.41) is 10.6. The van der Waals surface area contributed by atoms with E-state index in [1.165, 1.54) is 193 Å². The smallest absolute Gasteiger partial charge is 0.462 e. The summed E-state index contributed by atoms with van der Waals surface area (Å²) in [4.78, 5) is 72.8. The molecule has 0 spiro atoms. The average molecular weight is 1420 g/mol. The van der Waals surface area contributed by atoms with Crippen molar-refractivity contribution >= 4 is 39.5 Å². The first kappa shape index (κ1) is 95.1. The van der Waals surface area contributed by atoms with Gasteiger partial charge >= 0.3 is 39.5 Å². The molecule has 0 aliphatic heterocycles. The maximum atomic E-state index is 13.1. The summed E-state index contributed by atoms with van der Waals surface area (Å²) in [6, 6.07) is 0. The highest BCUT2D eigenvalue weighted by atomic mass is 31.2. The Morgan fingerprint density at radius 2 is 0.495 bits per heavy atom. The summed E-state index contributed by atoms with van der Waals surface area (Å²) in [6.45, 7) is 14.2. The predicted molar refractivity (Wildman–Crippen MR) is 395 cm³/mol. The second-order valence-electron chi connectivity index (χ2n) is 29.8. The van der Waals surface area contributed by atoms with Gasteiger partial charge in [-0.05, 0) is 49.4 Å². The van der Waals surface area contributed by atoms with Crippen molar-refractivity contribution in [3.63, 3.8) is 0 Å². The van der Waals surface area contributed by atoms with Crippen LogP contribution in [-0.2, 0) is 65.4 Å². The number of esters is 4. The van der Waals surface area contributed by atoms with Crippen molar-refractivity contribution in [1.82, 2.24) is 0 Å². The Morgan fingerprint density at radius 3 is 0.732 bits per heavy atom. The van der Waals surface area contributed by atoms with Crippen LogP contribution < -0.4 is 0 Å². The molecule has 576 valence electrons. The number of ether oxygens (including phenoxy) is 4. The van der Waals surface area contributed by atoms with Crippen molar-refractivity contribution in [3.05, 3.63) is 0 Å². The van der Waals surface area contributed by atoms with Crippen LogP contribution in [0.2, 0.25) is 0 Å². The molecule has 0 aromatic rings. The van der Waals surface area contributed by atoms with E-state index >= 15 is 0 Å². The van der Waals surface area contributed by atoms with Gasteiger partial charge in [0.25, 0.3) is 0 Å². The van der Waals surface area contributed by atoms with Crippen LogP contribution in [0, 0.1) is 23.7 Å². The SMILES string of the molecule is CCC(C)CCCCCCCCCCCCCCCCCCCCC(=O)O[C@H](COC(=O)CCCCCCCCCCCC(C)C)COP(=O)(O)OC[C@@H](O)COP(=O)(O)OC[C@@H](COC(=O)CCCCCCCCC(C)C)OC(=O)CCCCCCCCCCCCCC(C)C. The third-order valence-electron chi connectivity index (χ3n) is 18.4. The number of carbonyl (C=O) groups is 4. The minimum absolute atomic E-state index is 0.105. The highest BCUT2D eigenvalue weighted by Gasteiger charge is 2.30. The fourth-order valence-corrected chi connectivity index (χ4v) is 13.5. The Morgan fingerprint density at radius 1 is 0.289 bits per heavy atom. The van der Waals surface area contributed by atoms with E-state index in [2.05, 4.69) is 55.4 Å². The van der Waals surface area contributed by atoms with Crippen LogP contribution in [0.5, 0.6) is 0 Å². The largest absolute Gasteiger partial charge is 0.472 e. The van der Waals surface area contributed by atoms with Gasteiger partial charge in [0.2, 0.25) is 0 Å². The van der Waals surface area contributed by atoms with Crippen LogP contribution in [0.1, 0.15) is 396 Å². The molecule has 0 bridgehead atoms. The van der Waals surface area contributed by atoms with Gasteiger partial charge in [-0.1, -0.05) is 344 Å². The topological polar surface area (TPSA) is 237 Å². The molecule has 0 heterocycles. The van der Waals surface area contributed by atoms with Gasteiger partial charge in [0.05, 0.1) is 26.4 Å². The Balaban J connectivity index is 5.18. The number of hydrogen-bond acceptors (Lipinski definition) is 15. The molecule has 0 aliphatic carbocycles. The van der Waals surface area contributed by atoms with E-state index in [1.54, 1.807) is 0 Å². The number of aliphatic hydroxyl groups is 1. The van der Waals surface area contributed by atoms with Gasteiger partial charge in [0.15, 0.2) is 12.2 Å². The summed E-state index contributed by atoms with van der Waals surface area (Å²) in [5.41, 5.74) is 0. The fraction of sp³-hybridized carbons (Fsp3) is 0.949. The van der Waals surface area contributed by atoms with Crippen molar-refractivity contribution in [3.8, 4) is 0 Å². The van der Waals surface area contributed by atoms with Gasteiger partial charge in [-0.15, -0.1) is 0 Å². The molecule has 0 aromatic heterocycles. The highest BCUT2D eigenvalue weighted by Crippen LogP contribution is 2.45. The van der Waals surface area contributed by atoms with Crippen LogP contribution in [0.25, 0.3) is 0 Å². The van der Waals surface area contributed by atoms with E-state index in [0.29, 0.717) is 31.6 Å². The third-order valence-corrected chi connectivity index (χ3v) is 20.3. The Bertz CT molecular complexity index is 1900. The number of rotatable bonds is 75. The molecule has 0 radical (unpaired) electrons. The molecular weight excluding hydrogens is 1270 g/mol. The van der Waals surface area contributed by atoms with E-state index < -0.39 is 97.5 Å². The molecule has 0 aliphatic rings. The molecule has 0 saturated carbocycles. The van der Waals surface area contributed by atoms with Crippen molar-refractivity contribution in [1.29, 1.82) is 0 Å².